The summed E-state index contributed by atoms with van der Waals surface area (Å²) in [5, 5.41) is 0. The average molecular weight is 210 g/mol. The number of rotatable bonds is 3. The molecule has 0 heterocycles. The van der Waals surface area contributed by atoms with Gasteiger partial charge in [-0.25, -0.2) is 0 Å². The van der Waals surface area contributed by atoms with Crippen LogP contribution in [0.5, 0.6) is 0 Å². The van der Waals surface area contributed by atoms with Crippen molar-refractivity contribution in [2.75, 3.05) is 0 Å². The third-order valence-corrected chi connectivity index (χ3v) is 3.92. The van der Waals surface area contributed by atoms with E-state index in [-0.39, 0.29) is 0 Å². The minimum atomic E-state index is 0.425. The van der Waals surface area contributed by atoms with Crippen LogP contribution in [0.3, 0.4) is 0 Å². The lowest BCUT2D eigenvalue weighted by Gasteiger charge is -2.37. The Hall–Kier alpha value is -0.330. The van der Waals surface area contributed by atoms with Crippen molar-refractivity contribution >= 4 is 5.78 Å². The maximum atomic E-state index is 11.4. The summed E-state index contributed by atoms with van der Waals surface area (Å²) in [5.41, 5.74) is 0.425. The molecule has 0 amide bonds. The quantitative estimate of drug-likeness (QED) is 0.682. The second kappa shape index (κ2) is 5.14. The van der Waals surface area contributed by atoms with Crippen LogP contribution in [0.2, 0.25) is 0 Å². The topological polar surface area (TPSA) is 17.1 Å². The Labute approximate surface area is 94.6 Å². The maximum Gasteiger partial charge on any atom is 0.132 e. The van der Waals surface area contributed by atoms with Gasteiger partial charge in [-0.3, -0.25) is 4.79 Å². The standard InChI is InChI=1S/C14H26O/c1-5-13(15)10-11-7-6-8-12(9-11)14(2,3)4/h11-12H,5-10H2,1-4H3. The van der Waals surface area contributed by atoms with Crippen LogP contribution in [-0.2, 0) is 4.79 Å². The molecule has 1 rings (SSSR count). The van der Waals surface area contributed by atoms with Gasteiger partial charge in [0.1, 0.15) is 5.78 Å². The molecule has 1 heteroatoms. The molecule has 88 valence electrons. The van der Waals surface area contributed by atoms with Gasteiger partial charge >= 0.3 is 0 Å². The molecule has 0 spiro atoms. The van der Waals surface area contributed by atoms with Crippen molar-refractivity contribution < 1.29 is 4.79 Å². The van der Waals surface area contributed by atoms with E-state index in [1.165, 1.54) is 25.7 Å². The summed E-state index contributed by atoms with van der Waals surface area (Å²) in [4.78, 5) is 11.4. The molecular formula is C14H26O. The summed E-state index contributed by atoms with van der Waals surface area (Å²) >= 11 is 0. The van der Waals surface area contributed by atoms with E-state index in [0.29, 0.717) is 17.1 Å². The maximum absolute atomic E-state index is 11.4. The van der Waals surface area contributed by atoms with E-state index in [1.807, 2.05) is 6.92 Å². The molecule has 1 aliphatic carbocycles. The lowest BCUT2D eigenvalue weighted by molar-refractivity contribution is -0.120. The Morgan fingerprint density at radius 3 is 2.47 bits per heavy atom. The van der Waals surface area contributed by atoms with Crippen molar-refractivity contribution in [1.29, 1.82) is 0 Å². The molecule has 1 fully saturated rings. The number of hydrogen-bond acceptors (Lipinski definition) is 1. The fourth-order valence-corrected chi connectivity index (χ4v) is 2.73. The summed E-state index contributed by atoms with van der Waals surface area (Å²) in [6, 6.07) is 0. The Morgan fingerprint density at radius 1 is 1.27 bits per heavy atom. The van der Waals surface area contributed by atoms with E-state index in [0.717, 1.165) is 18.8 Å². The molecule has 0 aromatic carbocycles. The van der Waals surface area contributed by atoms with Crippen LogP contribution in [-0.4, -0.2) is 5.78 Å². The van der Waals surface area contributed by atoms with Crippen molar-refractivity contribution in [3.05, 3.63) is 0 Å². The first-order chi connectivity index (χ1) is 6.93. The van der Waals surface area contributed by atoms with E-state index in [1.54, 1.807) is 0 Å². The third kappa shape index (κ3) is 3.96. The average Bonchev–Trinajstić information content (AvgIpc) is 2.17. The van der Waals surface area contributed by atoms with E-state index >= 15 is 0 Å². The molecule has 15 heavy (non-hydrogen) atoms. The fraction of sp³-hybridized carbons (Fsp3) is 0.929. The molecule has 0 saturated heterocycles. The molecule has 0 aromatic heterocycles. The van der Waals surface area contributed by atoms with Crippen LogP contribution in [0, 0.1) is 17.3 Å². The zero-order chi connectivity index (χ0) is 11.5. The van der Waals surface area contributed by atoms with Crippen molar-refractivity contribution in [2.24, 2.45) is 17.3 Å². The SMILES string of the molecule is CCC(=O)CC1CCCC(C(C)(C)C)C1. The predicted molar refractivity (Wildman–Crippen MR) is 64.8 cm³/mol. The van der Waals surface area contributed by atoms with Gasteiger partial charge < -0.3 is 0 Å². The van der Waals surface area contributed by atoms with Gasteiger partial charge in [-0.1, -0.05) is 40.5 Å². The van der Waals surface area contributed by atoms with Crippen LogP contribution in [0.4, 0.5) is 0 Å². The summed E-state index contributed by atoms with van der Waals surface area (Å²) in [5.74, 6) is 1.95. The summed E-state index contributed by atoms with van der Waals surface area (Å²) in [7, 11) is 0. The van der Waals surface area contributed by atoms with Crippen LogP contribution >= 0.6 is 0 Å². The molecule has 0 aromatic rings. The third-order valence-electron chi connectivity index (χ3n) is 3.92. The second-order valence-corrected chi connectivity index (χ2v) is 6.19. The Balaban J connectivity index is 2.46. The highest BCUT2D eigenvalue weighted by molar-refractivity contribution is 5.78. The first-order valence-electron chi connectivity index (χ1n) is 6.45. The van der Waals surface area contributed by atoms with Crippen LogP contribution in [0.15, 0.2) is 0 Å². The van der Waals surface area contributed by atoms with Crippen molar-refractivity contribution in [3.63, 3.8) is 0 Å². The first kappa shape index (κ1) is 12.7. The number of carbonyl (C=O) groups is 1. The lowest BCUT2D eigenvalue weighted by Crippen LogP contribution is -2.27. The molecule has 0 N–H and O–H groups in total. The highest BCUT2D eigenvalue weighted by Crippen LogP contribution is 2.41. The zero-order valence-corrected chi connectivity index (χ0v) is 10.8. The molecule has 0 aliphatic heterocycles. The van der Waals surface area contributed by atoms with Gasteiger partial charge in [0.15, 0.2) is 0 Å². The molecule has 1 aliphatic rings. The highest BCUT2D eigenvalue weighted by Gasteiger charge is 2.30. The molecule has 1 saturated carbocycles. The summed E-state index contributed by atoms with van der Waals surface area (Å²) in [6.07, 6.45) is 6.79. The highest BCUT2D eigenvalue weighted by atomic mass is 16.1. The van der Waals surface area contributed by atoms with E-state index in [9.17, 15) is 4.79 Å². The van der Waals surface area contributed by atoms with Gasteiger partial charge in [0, 0.05) is 12.8 Å². The molecule has 2 unspecified atom stereocenters. The number of hydrogen-bond donors (Lipinski definition) is 0. The number of carbonyl (C=O) groups excluding carboxylic acids is 1. The summed E-state index contributed by atoms with van der Waals surface area (Å²) in [6.45, 7) is 8.98. The van der Waals surface area contributed by atoms with Gasteiger partial charge in [-0.2, -0.15) is 0 Å². The number of Topliss-reactive ketones (excluding diaryl/α,β-unsaturated/α-hetero) is 1. The van der Waals surface area contributed by atoms with Gasteiger partial charge in [-0.05, 0) is 30.1 Å². The molecule has 0 bridgehead atoms. The van der Waals surface area contributed by atoms with Gasteiger partial charge in [-0.15, -0.1) is 0 Å². The molecule has 0 radical (unpaired) electrons. The minimum Gasteiger partial charge on any atom is -0.300 e. The summed E-state index contributed by atoms with van der Waals surface area (Å²) < 4.78 is 0. The largest absolute Gasteiger partial charge is 0.300 e. The fourth-order valence-electron chi connectivity index (χ4n) is 2.73. The first-order valence-corrected chi connectivity index (χ1v) is 6.45. The van der Waals surface area contributed by atoms with E-state index in [2.05, 4.69) is 20.8 Å². The van der Waals surface area contributed by atoms with Crippen molar-refractivity contribution in [2.45, 2.75) is 66.2 Å². The second-order valence-electron chi connectivity index (χ2n) is 6.19. The van der Waals surface area contributed by atoms with E-state index in [4.69, 9.17) is 0 Å². The smallest absolute Gasteiger partial charge is 0.132 e. The van der Waals surface area contributed by atoms with Gasteiger partial charge in [0.05, 0.1) is 0 Å². The van der Waals surface area contributed by atoms with Crippen LogP contribution < -0.4 is 0 Å². The minimum absolute atomic E-state index is 0.425. The Kier molecular flexibility index (Phi) is 4.36. The van der Waals surface area contributed by atoms with Gasteiger partial charge in [0.25, 0.3) is 0 Å². The predicted octanol–water partition coefficient (Wildman–Crippen LogP) is 4.21. The molecule has 2 atom stereocenters. The number of ketones is 1. The monoisotopic (exact) mass is 210 g/mol. The lowest BCUT2D eigenvalue weighted by atomic mass is 9.68. The van der Waals surface area contributed by atoms with Crippen LogP contribution in [0.1, 0.15) is 66.2 Å². The Bertz CT molecular complexity index is 212. The molecule has 1 nitrogen and oxygen atoms in total. The van der Waals surface area contributed by atoms with Crippen molar-refractivity contribution in [1.82, 2.24) is 0 Å². The van der Waals surface area contributed by atoms with Gasteiger partial charge in [0.2, 0.25) is 0 Å². The zero-order valence-electron chi connectivity index (χ0n) is 10.8. The Morgan fingerprint density at radius 2 is 1.93 bits per heavy atom. The van der Waals surface area contributed by atoms with Crippen LogP contribution in [0.25, 0.3) is 0 Å². The normalized spacial score (nSPS) is 27.7. The van der Waals surface area contributed by atoms with E-state index < -0.39 is 0 Å². The molecular weight excluding hydrogens is 184 g/mol. The van der Waals surface area contributed by atoms with Crippen molar-refractivity contribution in [3.8, 4) is 0 Å².